The molecule has 1 saturated heterocycles. The number of aryl methyl sites for hydroxylation is 1. The minimum Gasteiger partial charge on any atom is -0.429 e. The largest absolute Gasteiger partial charge is 0.429 e. The van der Waals surface area contributed by atoms with Gasteiger partial charge in [-0.3, -0.25) is 0 Å². The summed E-state index contributed by atoms with van der Waals surface area (Å²) in [6.07, 6.45) is -4.56. The second-order valence-corrected chi connectivity index (χ2v) is 4.75. The molecule has 0 amide bonds. The molecular formula is C13H16O6. The zero-order chi connectivity index (χ0) is 14.2. The van der Waals surface area contributed by atoms with Gasteiger partial charge in [0.15, 0.2) is 11.9 Å². The van der Waals surface area contributed by atoms with Crippen LogP contribution in [0.15, 0.2) is 24.3 Å². The molecule has 19 heavy (non-hydrogen) atoms. The van der Waals surface area contributed by atoms with Gasteiger partial charge < -0.3 is 24.8 Å². The first-order chi connectivity index (χ1) is 8.84. The third kappa shape index (κ3) is 2.48. The quantitative estimate of drug-likeness (QED) is 0.650. The summed E-state index contributed by atoms with van der Waals surface area (Å²) in [5.74, 6) is -0.690. The van der Waals surface area contributed by atoms with E-state index in [1.165, 1.54) is 6.92 Å². The van der Waals surface area contributed by atoms with Gasteiger partial charge in [0.25, 0.3) is 0 Å². The SMILES string of the molecule is Cc1ccccc1C(=O)O[C@H]1OC(O)[C@H](O)[C@]1(C)O. The summed E-state index contributed by atoms with van der Waals surface area (Å²) in [5.41, 5.74) is -0.818. The summed E-state index contributed by atoms with van der Waals surface area (Å²) in [6.45, 7) is 2.97. The highest BCUT2D eigenvalue weighted by molar-refractivity contribution is 5.91. The fourth-order valence-corrected chi connectivity index (χ4v) is 1.88. The van der Waals surface area contributed by atoms with Crippen molar-refractivity contribution in [1.29, 1.82) is 0 Å². The Morgan fingerprint density at radius 1 is 1.37 bits per heavy atom. The number of esters is 1. The van der Waals surface area contributed by atoms with Crippen LogP contribution in [0.25, 0.3) is 0 Å². The zero-order valence-corrected chi connectivity index (χ0v) is 10.6. The van der Waals surface area contributed by atoms with Crippen molar-refractivity contribution in [2.75, 3.05) is 0 Å². The Morgan fingerprint density at radius 2 is 2.00 bits per heavy atom. The molecule has 1 aromatic carbocycles. The second kappa shape index (κ2) is 4.90. The molecule has 0 aliphatic carbocycles. The van der Waals surface area contributed by atoms with E-state index in [4.69, 9.17) is 9.47 Å². The Bertz CT molecular complexity index is 484. The van der Waals surface area contributed by atoms with Gasteiger partial charge in [-0.2, -0.15) is 0 Å². The van der Waals surface area contributed by atoms with Crippen molar-refractivity contribution in [3.8, 4) is 0 Å². The summed E-state index contributed by atoms with van der Waals surface area (Å²) in [7, 11) is 0. The number of aliphatic hydroxyl groups is 3. The van der Waals surface area contributed by atoms with Gasteiger partial charge in [-0.15, -0.1) is 0 Å². The first-order valence-corrected chi connectivity index (χ1v) is 5.84. The highest BCUT2D eigenvalue weighted by atomic mass is 16.8. The van der Waals surface area contributed by atoms with Gasteiger partial charge in [0, 0.05) is 0 Å². The van der Waals surface area contributed by atoms with Crippen LogP contribution >= 0.6 is 0 Å². The highest BCUT2D eigenvalue weighted by Gasteiger charge is 2.54. The zero-order valence-electron chi connectivity index (χ0n) is 10.6. The molecule has 0 saturated carbocycles. The van der Waals surface area contributed by atoms with E-state index >= 15 is 0 Å². The molecule has 1 aromatic rings. The van der Waals surface area contributed by atoms with Crippen molar-refractivity contribution in [2.45, 2.75) is 38.1 Å². The number of aliphatic hydroxyl groups excluding tert-OH is 2. The molecule has 6 heteroatoms. The van der Waals surface area contributed by atoms with Crippen molar-refractivity contribution in [3.05, 3.63) is 35.4 Å². The maximum absolute atomic E-state index is 11.9. The number of benzene rings is 1. The van der Waals surface area contributed by atoms with Crippen LogP contribution in [-0.2, 0) is 9.47 Å². The molecule has 1 unspecified atom stereocenters. The van der Waals surface area contributed by atoms with E-state index < -0.39 is 30.3 Å². The first kappa shape index (κ1) is 14.0. The third-order valence-electron chi connectivity index (χ3n) is 3.19. The predicted octanol–water partition coefficient (Wildman–Crippen LogP) is -0.0616. The van der Waals surface area contributed by atoms with Crippen LogP contribution in [0.5, 0.6) is 0 Å². The van der Waals surface area contributed by atoms with Crippen LogP contribution in [0.4, 0.5) is 0 Å². The molecule has 104 valence electrons. The van der Waals surface area contributed by atoms with Gasteiger partial charge in [0.1, 0.15) is 6.10 Å². The Labute approximate surface area is 110 Å². The van der Waals surface area contributed by atoms with Gasteiger partial charge in [-0.1, -0.05) is 18.2 Å². The number of rotatable bonds is 2. The standard InChI is InChI=1S/C13H16O6/c1-7-5-3-4-6-8(7)10(15)18-12-13(2,17)9(14)11(16)19-12/h3-6,9,11-12,14,16-17H,1-2H3/t9-,11?,12-,13-/m0/s1. The lowest BCUT2D eigenvalue weighted by Crippen LogP contribution is -2.47. The van der Waals surface area contributed by atoms with E-state index in [0.29, 0.717) is 11.1 Å². The number of carbonyl (C=O) groups is 1. The first-order valence-electron chi connectivity index (χ1n) is 5.84. The molecule has 2 rings (SSSR count). The number of carbonyl (C=O) groups excluding carboxylic acids is 1. The van der Waals surface area contributed by atoms with Crippen molar-refractivity contribution in [2.24, 2.45) is 0 Å². The van der Waals surface area contributed by atoms with Crippen molar-refractivity contribution in [3.63, 3.8) is 0 Å². The van der Waals surface area contributed by atoms with Crippen molar-refractivity contribution in [1.82, 2.24) is 0 Å². The van der Waals surface area contributed by atoms with Crippen LogP contribution in [0.1, 0.15) is 22.8 Å². The average Bonchev–Trinajstić information content (AvgIpc) is 2.54. The monoisotopic (exact) mass is 268 g/mol. The summed E-state index contributed by atoms with van der Waals surface area (Å²) >= 11 is 0. The summed E-state index contributed by atoms with van der Waals surface area (Å²) in [4.78, 5) is 11.9. The van der Waals surface area contributed by atoms with E-state index in [9.17, 15) is 20.1 Å². The fraction of sp³-hybridized carbons (Fsp3) is 0.462. The van der Waals surface area contributed by atoms with Crippen LogP contribution < -0.4 is 0 Å². The molecule has 4 atom stereocenters. The minimum atomic E-state index is -1.86. The van der Waals surface area contributed by atoms with Gasteiger partial charge in [-0.05, 0) is 25.5 Å². The Kier molecular flexibility index (Phi) is 3.60. The van der Waals surface area contributed by atoms with E-state index in [-0.39, 0.29) is 0 Å². The molecule has 0 spiro atoms. The number of hydrogen-bond donors (Lipinski definition) is 3. The molecule has 1 fully saturated rings. The number of ether oxygens (including phenoxy) is 2. The molecule has 0 bridgehead atoms. The van der Waals surface area contributed by atoms with Crippen LogP contribution in [0, 0.1) is 6.92 Å². The summed E-state index contributed by atoms with van der Waals surface area (Å²) in [6, 6.07) is 6.78. The molecule has 3 N–H and O–H groups in total. The Balaban J connectivity index is 2.15. The topological polar surface area (TPSA) is 96.2 Å². The fourth-order valence-electron chi connectivity index (χ4n) is 1.88. The number of hydrogen-bond acceptors (Lipinski definition) is 6. The van der Waals surface area contributed by atoms with Crippen LogP contribution in [0.3, 0.4) is 0 Å². The smallest absolute Gasteiger partial charge is 0.340 e. The van der Waals surface area contributed by atoms with E-state index in [0.717, 1.165) is 0 Å². The molecule has 1 aliphatic heterocycles. The minimum absolute atomic E-state index is 0.331. The molecule has 0 aromatic heterocycles. The Morgan fingerprint density at radius 3 is 2.53 bits per heavy atom. The van der Waals surface area contributed by atoms with Crippen molar-refractivity contribution < 1.29 is 29.6 Å². The van der Waals surface area contributed by atoms with Gasteiger partial charge in [0.05, 0.1) is 5.56 Å². The van der Waals surface area contributed by atoms with E-state index in [2.05, 4.69) is 0 Å². The maximum Gasteiger partial charge on any atom is 0.340 e. The molecule has 0 radical (unpaired) electrons. The van der Waals surface area contributed by atoms with Gasteiger partial charge >= 0.3 is 5.97 Å². The van der Waals surface area contributed by atoms with E-state index in [1.54, 1.807) is 31.2 Å². The summed E-state index contributed by atoms with van der Waals surface area (Å²) in [5, 5.41) is 28.8. The lowest BCUT2D eigenvalue weighted by Gasteiger charge is -2.25. The average molecular weight is 268 g/mol. The summed E-state index contributed by atoms with van der Waals surface area (Å²) < 4.78 is 9.84. The lowest BCUT2D eigenvalue weighted by atomic mass is 10.0. The Hall–Kier alpha value is -1.47. The van der Waals surface area contributed by atoms with Crippen LogP contribution in [-0.4, -0.2) is 45.6 Å². The third-order valence-corrected chi connectivity index (χ3v) is 3.19. The molecule has 1 aliphatic rings. The second-order valence-electron chi connectivity index (χ2n) is 4.75. The highest BCUT2D eigenvalue weighted by Crippen LogP contribution is 2.31. The normalized spacial score (nSPS) is 34.3. The maximum atomic E-state index is 11.9. The molecule has 1 heterocycles. The van der Waals surface area contributed by atoms with Gasteiger partial charge in [-0.25, -0.2) is 4.79 Å². The molecule has 6 nitrogen and oxygen atoms in total. The predicted molar refractivity (Wildman–Crippen MR) is 64.1 cm³/mol. The lowest BCUT2D eigenvalue weighted by molar-refractivity contribution is -0.195. The van der Waals surface area contributed by atoms with Gasteiger partial charge in [0.2, 0.25) is 6.29 Å². The van der Waals surface area contributed by atoms with E-state index in [1.807, 2.05) is 0 Å². The van der Waals surface area contributed by atoms with Crippen molar-refractivity contribution >= 4 is 5.97 Å². The van der Waals surface area contributed by atoms with Crippen LogP contribution in [0.2, 0.25) is 0 Å². The molecular weight excluding hydrogens is 252 g/mol.